The van der Waals surface area contributed by atoms with E-state index in [9.17, 15) is 14.7 Å². The molecule has 1 aromatic heterocycles. The molecular formula is C28H42N2O6. The molecule has 7 atom stereocenters. The molecule has 0 aromatic carbocycles. The Bertz CT molecular complexity index is 915. The molecule has 8 nitrogen and oxygen atoms in total. The van der Waals surface area contributed by atoms with Gasteiger partial charge in [-0.2, -0.15) is 0 Å². The third-order valence-corrected chi connectivity index (χ3v) is 9.85. The highest BCUT2D eigenvalue weighted by molar-refractivity contribution is 5.78. The highest BCUT2D eigenvalue weighted by Crippen LogP contribution is 2.62. The van der Waals surface area contributed by atoms with E-state index < -0.39 is 12.4 Å². The molecule has 3 aliphatic carbocycles. The van der Waals surface area contributed by atoms with E-state index in [2.05, 4.69) is 24.5 Å². The lowest BCUT2D eigenvalue weighted by Gasteiger charge is -2.63. The molecular weight excluding hydrogens is 460 g/mol. The maximum atomic E-state index is 12.8. The highest BCUT2D eigenvalue weighted by Gasteiger charge is 2.61. The summed E-state index contributed by atoms with van der Waals surface area (Å²) < 4.78 is 17.9. The van der Waals surface area contributed by atoms with Crippen molar-refractivity contribution in [2.45, 2.75) is 96.7 Å². The van der Waals surface area contributed by atoms with Gasteiger partial charge >= 0.3 is 0 Å². The standard InChI is InChI=1S/C28H42N2O6/c1-27-12-11-23-28(2,17-35-25(36-23)16-30-26(33)18-6-3-4-7-18)22(27)10-9-21(31)20(27)14-24(32)29-15-19-8-5-13-34-19/h5,8,13,18,20-23,25,31H,3-4,6-7,9-12,14-17H2,1-2H3,(H,29,32)(H,30,33). The molecule has 200 valence electrons. The van der Waals surface area contributed by atoms with Gasteiger partial charge in [-0.25, -0.2) is 0 Å². The number of nitrogens with one attached hydrogen (secondary N) is 2. The van der Waals surface area contributed by atoms with Crippen molar-refractivity contribution in [1.29, 1.82) is 0 Å². The van der Waals surface area contributed by atoms with Crippen molar-refractivity contribution in [2.24, 2.45) is 28.6 Å². The van der Waals surface area contributed by atoms with E-state index in [0.29, 0.717) is 32.5 Å². The Morgan fingerprint density at radius 1 is 1.08 bits per heavy atom. The molecule has 0 spiro atoms. The fourth-order valence-corrected chi connectivity index (χ4v) is 7.78. The molecule has 1 saturated heterocycles. The summed E-state index contributed by atoms with van der Waals surface area (Å²) in [5, 5.41) is 17.0. The van der Waals surface area contributed by atoms with E-state index >= 15 is 0 Å². The minimum atomic E-state index is -0.496. The number of ether oxygens (including phenoxy) is 2. The summed E-state index contributed by atoms with van der Waals surface area (Å²) in [5.41, 5.74) is -0.372. The maximum absolute atomic E-state index is 12.8. The van der Waals surface area contributed by atoms with Crippen molar-refractivity contribution in [3.05, 3.63) is 24.2 Å². The van der Waals surface area contributed by atoms with Crippen LogP contribution in [0.4, 0.5) is 0 Å². The summed E-state index contributed by atoms with van der Waals surface area (Å²) in [4.78, 5) is 25.3. The first-order valence-corrected chi connectivity index (χ1v) is 13.8. The first-order chi connectivity index (χ1) is 17.3. The zero-order valence-electron chi connectivity index (χ0n) is 21.7. The summed E-state index contributed by atoms with van der Waals surface area (Å²) in [7, 11) is 0. The number of amides is 2. The van der Waals surface area contributed by atoms with Gasteiger partial charge in [0.2, 0.25) is 11.8 Å². The second kappa shape index (κ2) is 10.5. The van der Waals surface area contributed by atoms with Gasteiger partial charge in [0.1, 0.15) is 5.76 Å². The quantitative estimate of drug-likeness (QED) is 0.526. The van der Waals surface area contributed by atoms with Crippen LogP contribution in [0.2, 0.25) is 0 Å². The number of carbonyl (C=O) groups excluding carboxylic acids is 2. The summed E-state index contributed by atoms with van der Waals surface area (Å²) in [5.74, 6) is 1.09. The van der Waals surface area contributed by atoms with Crippen LogP contribution in [-0.4, -0.2) is 48.6 Å². The Balaban J connectivity index is 1.20. The number of hydrogen-bond acceptors (Lipinski definition) is 6. The molecule has 0 radical (unpaired) electrons. The zero-order chi connectivity index (χ0) is 25.3. The van der Waals surface area contributed by atoms with Crippen molar-refractivity contribution < 1.29 is 28.6 Å². The lowest BCUT2D eigenvalue weighted by molar-refractivity contribution is -0.306. The van der Waals surface area contributed by atoms with Crippen LogP contribution < -0.4 is 10.6 Å². The van der Waals surface area contributed by atoms with E-state index in [1.165, 1.54) is 0 Å². The Morgan fingerprint density at radius 2 is 1.89 bits per heavy atom. The first kappa shape index (κ1) is 25.7. The van der Waals surface area contributed by atoms with Gasteiger partial charge in [-0.3, -0.25) is 9.59 Å². The predicted molar refractivity (Wildman–Crippen MR) is 132 cm³/mol. The van der Waals surface area contributed by atoms with Gasteiger partial charge in [-0.1, -0.05) is 26.7 Å². The van der Waals surface area contributed by atoms with Crippen LogP contribution >= 0.6 is 0 Å². The summed E-state index contributed by atoms with van der Waals surface area (Å²) >= 11 is 0. The Morgan fingerprint density at radius 3 is 2.64 bits per heavy atom. The molecule has 0 bridgehead atoms. The average molecular weight is 503 g/mol. The van der Waals surface area contributed by atoms with E-state index in [-0.39, 0.29) is 46.5 Å². The second-order valence-electron chi connectivity index (χ2n) is 12.0. The Kier molecular flexibility index (Phi) is 7.48. The van der Waals surface area contributed by atoms with Crippen molar-refractivity contribution in [3.8, 4) is 0 Å². The summed E-state index contributed by atoms with van der Waals surface area (Å²) in [6, 6.07) is 3.64. The number of rotatable bonds is 7. The van der Waals surface area contributed by atoms with Crippen LogP contribution in [0.15, 0.2) is 22.8 Å². The first-order valence-electron chi connectivity index (χ1n) is 13.8. The largest absolute Gasteiger partial charge is 0.467 e. The minimum Gasteiger partial charge on any atom is -0.467 e. The monoisotopic (exact) mass is 502 g/mol. The fourth-order valence-electron chi connectivity index (χ4n) is 7.78. The van der Waals surface area contributed by atoms with Crippen LogP contribution in [0.25, 0.3) is 0 Å². The fraction of sp³-hybridized carbons (Fsp3) is 0.786. The number of furan rings is 1. The zero-order valence-corrected chi connectivity index (χ0v) is 21.7. The molecule has 4 aliphatic rings. The molecule has 1 aromatic rings. The lowest BCUT2D eigenvalue weighted by Crippen LogP contribution is -2.63. The van der Waals surface area contributed by atoms with Crippen molar-refractivity contribution in [2.75, 3.05) is 13.2 Å². The third kappa shape index (κ3) is 4.96. The second-order valence-corrected chi connectivity index (χ2v) is 12.0. The van der Waals surface area contributed by atoms with E-state index in [1.807, 2.05) is 6.07 Å². The smallest absolute Gasteiger partial charge is 0.223 e. The molecule has 1 aliphatic heterocycles. The van der Waals surface area contributed by atoms with Crippen molar-refractivity contribution in [3.63, 3.8) is 0 Å². The number of fused-ring (bicyclic) bond motifs is 3. The average Bonchev–Trinajstić information content (AvgIpc) is 3.58. The van der Waals surface area contributed by atoms with E-state index in [0.717, 1.165) is 50.7 Å². The predicted octanol–water partition coefficient (Wildman–Crippen LogP) is 3.53. The van der Waals surface area contributed by atoms with Crippen LogP contribution in [0.3, 0.4) is 0 Å². The number of carbonyl (C=O) groups is 2. The summed E-state index contributed by atoms with van der Waals surface area (Å²) in [6.07, 6.45) is 8.58. The van der Waals surface area contributed by atoms with Gasteiger partial charge < -0.3 is 29.6 Å². The summed E-state index contributed by atoms with van der Waals surface area (Å²) in [6.45, 7) is 5.81. The van der Waals surface area contributed by atoms with Crippen LogP contribution in [0, 0.1) is 28.6 Å². The molecule has 5 rings (SSSR count). The van der Waals surface area contributed by atoms with Crippen molar-refractivity contribution in [1.82, 2.24) is 10.6 Å². The molecule has 3 saturated carbocycles. The molecule has 2 heterocycles. The van der Waals surface area contributed by atoms with Gasteiger partial charge in [-0.05, 0) is 67.9 Å². The number of hydrogen-bond donors (Lipinski definition) is 3. The van der Waals surface area contributed by atoms with Gasteiger partial charge in [0.25, 0.3) is 0 Å². The highest BCUT2D eigenvalue weighted by atomic mass is 16.7. The van der Waals surface area contributed by atoms with Gasteiger partial charge in [0.05, 0.1) is 38.2 Å². The van der Waals surface area contributed by atoms with Crippen LogP contribution in [0.1, 0.15) is 77.4 Å². The molecule has 7 unspecified atom stereocenters. The number of aliphatic hydroxyl groups excluding tert-OH is 1. The van der Waals surface area contributed by atoms with Gasteiger partial charge in [0.15, 0.2) is 6.29 Å². The minimum absolute atomic E-state index is 0.0429. The topological polar surface area (TPSA) is 110 Å². The van der Waals surface area contributed by atoms with E-state index in [4.69, 9.17) is 13.9 Å². The SMILES string of the molecule is CC12COC(CNC(=O)C3CCCC3)OC1CCC1(C)C(CC(=O)NCc3ccco3)C(O)CCC21. The van der Waals surface area contributed by atoms with Crippen molar-refractivity contribution >= 4 is 11.8 Å². The molecule has 4 fully saturated rings. The maximum Gasteiger partial charge on any atom is 0.223 e. The molecule has 8 heteroatoms. The van der Waals surface area contributed by atoms with Crippen LogP contribution in [-0.2, 0) is 25.6 Å². The van der Waals surface area contributed by atoms with Gasteiger partial charge in [-0.15, -0.1) is 0 Å². The molecule has 36 heavy (non-hydrogen) atoms. The van der Waals surface area contributed by atoms with E-state index in [1.54, 1.807) is 12.3 Å². The Labute approximate surface area is 213 Å². The van der Waals surface area contributed by atoms with Crippen LogP contribution in [0.5, 0.6) is 0 Å². The molecule has 3 N–H and O–H groups in total. The van der Waals surface area contributed by atoms with Gasteiger partial charge in [0, 0.05) is 17.8 Å². The normalized spacial score (nSPS) is 38.7. The lowest BCUT2D eigenvalue weighted by atomic mass is 9.46. The third-order valence-electron chi connectivity index (χ3n) is 9.85. The molecule has 2 amide bonds. The Hall–Kier alpha value is -1.90. The number of aliphatic hydroxyl groups is 1.